The third-order valence-electron chi connectivity index (χ3n) is 3.72. The number of benzene rings is 1. The van der Waals surface area contributed by atoms with Gasteiger partial charge < -0.3 is 10.1 Å². The van der Waals surface area contributed by atoms with Gasteiger partial charge in [-0.15, -0.1) is 0 Å². The van der Waals surface area contributed by atoms with E-state index in [1.54, 1.807) is 6.07 Å². The number of nitrogens with one attached hydrogen (secondary N) is 1. The van der Waals surface area contributed by atoms with Gasteiger partial charge in [0, 0.05) is 35.0 Å². The predicted molar refractivity (Wildman–Crippen MR) is 85.8 cm³/mol. The van der Waals surface area contributed by atoms with E-state index in [-0.39, 0.29) is 5.41 Å². The molecule has 0 radical (unpaired) electrons. The highest BCUT2D eigenvalue weighted by Gasteiger charge is 2.43. The van der Waals surface area contributed by atoms with Crippen LogP contribution in [0.15, 0.2) is 12.1 Å². The second-order valence-electron chi connectivity index (χ2n) is 6.04. The Bertz CT molecular complexity index is 548. The third-order valence-corrected chi connectivity index (χ3v) is 4.22. The molecule has 1 aromatic rings. The van der Waals surface area contributed by atoms with Crippen LogP contribution in [0.4, 0.5) is 0 Å². The fourth-order valence-electron chi connectivity index (χ4n) is 2.16. The van der Waals surface area contributed by atoms with Crippen molar-refractivity contribution in [3.05, 3.63) is 27.7 Å². The molecule has 1 aromatic carbocycles. The summed E-state index contributed by atoms with van der Waals surface area (Å²) < 4.78 is 5.95. The molecular formula is C16H20Cl2N2O. The largest absolute Gasteiger partial charge is 0.491 e. The summed E-state index contributed by atoms with van der Waals surface area (Å²) in [6.07, 6.45) is 2.63. The molecule has 0 saturated heterocycles. The summed E-state index contributed by atoms with van der Waals surface area (Å²) in [6.45, 7) is 5.35. The van der Waals surface area contributed by atoms with Gasteiger partial charge in [-0.3, -0.25) is 0 Å². The van der Waals surface area contributed by atoms with Crippen molar-refractivity contribution < 1.29 is 4.74 Å². The standard InChI is InChI=1S/C16H20Cl2N2O/c1-11(2)20-9-12-7-13(17)8-14(18)15(12)21-10-16(3-4-16)5-6-19/h7-8,11,20H,3-5,9-10H2,1-2H3. The Balaban J connectivity index is 2.11. The molecule has 1 aliphatic rings. The van der Waals surface area contributed by atoms with E-state index in [0.717, 1.165) is 18.4 Å². The highest BCUT2D eigenvalue weighted by atomic mass is 35.5. The monoisotopic (exact) mass is 326 g/mol. The molecular weight excluding hydrogens is 307 g/mol. The van der Waals surface area contributed by atoms with Crippen LogP contribution >= 0.6 is 23.2 Å². The zero-order valence-corrected chi connectivity index (χ0v) is 13.9. The van der Waals surface area contributed by atoms with Gasteiger partial charge in [-0.2, -0.15) is 5.26 Å². The lowest BCUT2D eigenvalue weighted by atomic mass is 10.1. The molecule has 0 heterocycles. The van der Waals surface area contributed by atoms with E-state index < -0.39 is 0 Å². The van der Waals surface area contributed by atoms with Crippen LogP contribution in [0, 0.1) is 16.7 Å². The van der Waals surface area contributed by atoms with E-state index in [2.05, 4.69) is 25.2 Å². The van der Waals surface area contributed by atoms with Crippen LogP contribution < -0.4 is 10.1 Å². The van der Waals surface area contributed by atoms with Crippen LogP contribution in [-0.4, -0.2) is 12.6 Å². The zero-order valence-electron chi connectivity index (χ0n) is 12.4. The minimum absolute atomic E-state index is 0.0282. The number of rotatable bonds is 7. The topological polar surface area (TPSA) is 45.0 Å². The molecule has 3 nitrogen and oxygen atoms in total. The lowest BCUT2D eigenvalue weighted by molar-refractivity contribution is 0.234. The van der Waals surface area contributed by atoms with Crippen molar-refractivity contribution in [1.82, 2.24) is 5.32 Å². The maximum absolute atomic E-state index is 8.87. The Morgan fingerprint density at radius 3 is 2.67 bits per heavy atom. The number of ether oxygens (including phenoxy) is 1. The Hall–Kier alpha value is -0.950. The van der Waals surface area contributed by atoms with Crippen LogP contribution in [0.2, 0.25) is 10.0 Å². The van der Waals surface area contributed by atoms with Crippen molar-refractivity contribution in [2.24, 2.45) is 5.41 Å². The molecule has 0 aromatic heterocycles. The zero-order chi connectivity index (χ0) is 15.5. The molecule has 0 amide bonds. The second-order valence-corrected chi connectivity index (χ2v) is 6.88. The van der Waals surface area contributed by atoms with E-state index in [1.807, 2.05) is 6.07 Å². The molecule has 21 heavy (non-hydrogen) atoms. The molecule has 0 spiro atoms. The minimum Gasteiger partial charge on any atom is -0.491 e. The van der Waals surface area contributed by atoms with Crippen LogP contribution in [0.5, 0.6) is 5.75 Å². The van der Waals surface area contributed by atoms with E-state index >= 15 is 0 Å². The van der Waals surface area contributed by atoms with Gasteiger partial charge in [-0.05, 0) is 25.0 Å². The van der Waals surface area contributed by atoms with Crippen LogP contribution in [0.3, 0.4) is 0 Å². The van der Waals surface area contributed by atoms with Gasteiger partial charge in [0.2, 0.25) is 0 Å². The second kappa shape index (κ2) is 6.87. The molecule has 2 rings (SSSR count). The number of hydrogen-bond acceptors (Lipinski definition) is 3. The maximum atomic E-state index is 8.87. The van der Waals surface area contributed by atoms with Gasteiger partial charge in [-0.1, -0.05) is 37.0 Å². The Kier molecular flexibility index (Phi) is 5.37. The summed E-state index contributed by atoms with van der Waals surface area (Å²) in [6, 6.07) is 6.18. The molecule has 0 aliphatic heterocycles. The predicted octanol–water partition coefficient (Wildman–Crippen LogP) is 4.56. The molecule has 1 saturated carbocycles. The lowest BCUT2D eigenvalue weighted by Crippen LogP contribution is -2.22. The van der Waals surface area contributed by atoms with Gasteiger partial charge in [0.15, 0.2) is 0 Å². The number of hydrogen-bond donors (Lipinski definition) is 1. The van der Waals surface area contributed by atoms with Crippen LogP contribution in [0.1, 0.15) is 38.7 Å². The van der Waals surface area contributed by atoms with E-state index in [4.69, 9.17) is 33.2 Å². The summed E-state index contributed by atoms with van der Waals surface area (Å²) in [5.74, 6) is 0.679. The third kappa shape index (κ3) is 4.51. The van der Waals surface area contributed by atoms with Gasteiger partial charge in [0.05, 0.1) is 17.7 Å². The summed E-state index contributed by atoms with van der Waals surface area (Å²) >= 11 is 12.4. The van der Waals surface area contributed by atoms with Gasteiger partial charge in [0.25, 0.3) is 0 Å². The molecule has 0 bridgehead atoms. The average Bonchev–Trinajstić information content (AvgIpc) is 3.15. The quantitative estimate of drug-likeness (QED) is 0.798. The average molecular weight is 327 g/mol. The SMILES string of the molecule is CC(C)NCc1cc(Cl)cc(Cl)c1OCC1(CC#N)CC1. The first-order valence-corrected chi connectivity index (χ1v) is 7.92. The normalized spacial score (nSPS) is 15.8. The van der Waals surface area contributed by atoms with Crippen molar-refractivity contribution in [2.45, 2.75) is 45.7 Å². The molecule has 0 atom stereocenters. The molecule has 1 aliphatic carbocycles. The number of nitriles is 1. The summed E-state index contributed by atoms with van der Waals surface area (Å²) in [5.41, 5.74) is 0.981. The first-order valence-electron chi connectivity index (χ1n) is 7.17. The fraction of sp³-hybridized carbons (Fsp3) is 0.562. The Labute approximate surface area is 136 Å². The lowest BCUT2D eigenvalue weighted by Gasteiger charge is -2.18. The summed E-state index contributed by atoms with van der Waals surface area (Å²) in [4.78, 5) is 0. The van der Waals surface area contributed by atoms with E-state index in [9.17, 15) is 0 Å². The highest BCUT2D eigenvalue weighted by Crippen LogP contribution is 2.49. The highest BCUT2D eigenvalue weighted by molar-refractivity contribution is 6.35. The van der Waals surface area contributed by atoms with Gasteiger partial charge in [0.1, 0.15) is 5.75 Å². The van der Waals surface area contributed by atoms with Crippen molar-refractivity contribution in [3.63, 3.8) is 0 Å². The fourth-order valence-corrected chi connectivity index (χ4v) is 2.75. The molecule has 0 unspecified atom stereocenters. The van der Waals surface area contributed by atoms with Gasteiger partial charge >= 0.3 is 0 Å². The first-order chi connectivity index (χ1) is 9.96. The van der Waals surface area contributed by atoms with Crippen molar-refractivity contribution in [1.29, 1.82) is 5.26 Å². The molecule has 5 heteroatoms. The summed E-state index contributed by atoms with van der Waals surface area (Å²) in [5, 5.41) is 13.3. The number of halogens is 2. The molecule has 114 valence electrons. The molecule has 1 N–H and O–H groups in total. The smallest absolute Gasteiger partial charge is 0.142 e. The van der Waals surface area contributed by atoms with Crippen molar-refractivity contribution in [2.75, 3.05) is 6.61 Å². The van der Waals surface area contributed by atoms with Crippen molar-refractivity contribution >= 4 is 23.2 Å². The maximum Gasteiger partial charge on any atom is 0.142 e. The van der Waals surface area contributed by atoms with E-state index in [1.165, 1.54) is 0 Å². The summed E-state index contributed by atoms with van der Waals surface area (Å²) in [7, 11) is 0. The van der Waals surface area contributed by atoms with Crippen LogP contribution in [0.25, 0.3) is 0 Å². The Morgan fingerprint density at radius 1 is 1.38 bits per heavy atom. The Morgan fingerprint density at radius 2 is 2.10 bits per heavy atom. The first kappa shape index (κ1) is 16.4. The van der Waals surface area contributed by atoms with Crippen molar-refractivity contribution in [3.8, 4) is 11.8 Å². The van der Waals surface area contributed by atoms with Crippen LogP contribution in [-0.2, 0) is 6.54 Å². The molecule has 1 fully saturated rings. The van der Waals surface area contributed by atoms with Gasteiger partial charge in [-0.25, -0.2) is 0 Å². The number of nitrogens with zero attached hydrogens (tertiary/aromatic N) is 1. The minimum atomic E-state index is 0.0282. The van der Waals surface area contributed by atoms with E-state index in [0.29, 0.717) is 41.4 Å².